The molecule has 3 rings (SSSR count). The predicted octanol–water partition coefficient (Wildman–Crippen LogP) is 2.54. The summed E-state index contributed by atoms with van der Waals surface area (Å²) < 4.78 is 21.4. The SMILES string of the molecule is CN=C(NCCn1cccc1)NCC1(c2cccc(F)c2)CCOCC1. The highest BCUT2D eigenvalue weighted by molar-refractivity contribution is 5.79. The van der Waals surface area contributed by atoms with E-state index < -0.39 is 0 Å². The molecule has 0 aliphatic carbocycles. The lowest BCUT2D eigenvalue weighted by Crippen LogP contribution is -2.48. The lowest BCUT2D eigenvalue weighted by molar-refractivity contribution is 0.0513. The molecule has 2 heterocycles. The summed E-state index contributed by atoms with van der Waals surface area (Å²) in [5.41, 5.74) is 0.884. The molecule has 1 aliphatic heterocycles. The number of aliphatic imine (C=N–C) groups is 1. The van der Waals surface area contributed by atoms with Crippen LogP contribution >= 0.6 is 0 Å². The molecule has 5 nitrogen and oxygen atoms in total. The Balaban J connectivity index is 1.61. The van der Waals surface area contributed by atoms with E-state index in [1.54, 1.807) is 19.2 Å². The van der Waals surface area contributed by atoms with Gasteiger partial charge >= 0.3 is 0 Å². The summed E-state index contributed by atoms with van der Waals surface area (Å²) in [7, 11) is 1.77. The molecule has 140 valence electrons. The van der Waals surface area contributed by atoms with E-state index in [1.165, 1.54) is 6.07 Å². The van der Waals surface area contributed by atoms with Crippen molar-refractivity contribution in [3.63, 3.8) is 0 Å². The minimum Gasteiger partial charge on any atom is -0.381 e. The van der Waals surface area contributed by atoms with Crippen molar-refractivity contribution in [2.24, 2.45) is 4.99 Å². The number of aromatic nitrogens is 1. The largest absolute Gasteiger partial charge is 0.381 e. The van der Waals surface area contributed by atoms with Gasteiger partial charge in [0.15, 0.2) is 5.96 Å². The van der Waals surface area contributed by atoms with Gasteiger partial charge < -0.3 is 19.9 Å². The first-order valence-electron chi connectivity index (χ1n) is 9.11. The minimum absolute atomic E-state index is 0.140. The van der Waals surface area contributed by atoms with Gasteiger partial charge in [0.25, 0.3) is 0 Å². The Bertz CT molecular complexity index is 708. The third-order valence-corrected chi connectivity index (χ3v) is 5.03. The van der Waals surface area contributed by atoms with Gasteiger partial charge in [-0.1, -0.05) is 12.1 Å². The van der Waals surface area contributed by atoms with Gasteiger partial charge in [0.2, 0.25) is 0 Å². The van der Waals surface area contributed by atoms with E-state index in [2.05, 4.69) is 20.2 Å². The molecule has 1 aliphatic rings. The van der Waals surface area contributed by atoms with Crippen molar-refractivity contribution >= 4 is 5.96 Å². The van der Waals surface area contributed by atoms with Gasteiger partial charge in [-0.3, -0.25) is 4.99 Å². The lowest BCUT2D eigenvalue weighted by Gasteiger charge is -2.38. The molecule has 0 spiro atoms. The Kier molecular flexibility index (Phi) is 6.28. The van der Waals surface area contributed by atoms with Crippen LogP contribution in [-0.2, 0) is 16.7 Å². The number of rotatable bonds is 6. The smallest absolute Gasteiger partial charge is 0.191 e. The minimum atomic E-state index is -0.192. The molecule has 0 amide bonds. The summed E-state index contributed by atoms with van der Waals surface area (Å²) in [4.78, 5) is 4.31. The van der Waals surface area contributed by atoms with Crippen molar-refractivity contribution < 1.29 is 9.13 Å². The number of nitrogens with one attached hydrogen (secondary N) is 2. The fraction of sp³-hybridized carbons (Fsp3) is 0.450. The Hall–Kier alpha value is -2.34. The van der Waals surface area contributed by atoms with Crippen LogP contribution in [0.15, 0.2) is 53.8 Å². The highest BCUT2D eigenvalue weighted by Gasteiger charge is 2.34. The van der Waals surface area contributed by atoms with E-state index in [0.717, 1.165) is 37.5 Å². The van der Waals surface area contributed by atoms with Gasteiger partial charge in [0.1, 0.15) is 5.82 Å². The van der Waals surface area contributed by atoms with Gasteiger partial charge in [-0.2, -0.15) is 0 Å². The van der Waals surface area contributed by atoms with Crippen LogP contribution in [0.5, 0.6) is 0 Å². The third kappa shape index (κ3) is 4.64. The monoisotopic (exact) mass is 358 g/mol. The maximum Gasteiger partial charge on any atom is 0.191 e. The molecule has 2 N–H and O–H groups in total. The van der Waals surface area contributed by atoms with Crippen molar-refractivity contribution in [3.8, 4) is 0 Å². The molecule has 1 saturated heterocycles. The maximum absolute atomic E-state index is 13.8. The zero-order chi connectivity index (χ0) is 18.2. The van der Waals surface area contributed by atoms with Crippen LogP contribution in [0.25, 0.3) is 0 Å². The van der Waals surface area contributed by atoms with Crippen LogP contribution < -0.4 is 10.6 Å². The highest BCUT2D eigenvalue weighted by atomic mass is 19.1. The molecule has 1 fully saturated rings. The number of guanidine groups is 1. The molecule has 0 bridgehead atoms. The fourth-order valence-corrected chi connectivity index (χ4v) is 3.44. The molecule has 0 saturated carbocycles. The summed E-state index contributed by atoms with van der Waals surface area (Å²) in [6, 6.07) is 11.0. The summed E-state index contributed by atoms with van der Waals surface area (Å²) in [6.07, 6.45) is 5.81. The molecule has 1 aromatic carbocycles. The number of nitrogens with zero attached hydrogens (tertiary/aromatic N) is 2. The maximum atomic E-state index is 13.8. The van der Waals surface area contributed by atoms with Gasteiger partial charge in [-0.25, -0.2) is 4.39 Å². The van der Waals surface area contributed by atoms with Crippen molar-refractivity contribution in [2.45, 2.75) is 24.8 Å². The highest BCUT2D eigenvalue weighted by Crippen LogP contribution is 2.34. The first-order chi connectivity index (χ1) is 12.7. The zero-order valence-corrected chi connectivity index (χ0v) is 15.2. The molecule has 0 radical (unpaired) electrons. The zero-order valence-electron chi connectivity index (χ0n) is 15.2. The molecule has 2 aromatic rings. The molecule has 0 atom stereocenters. The van der Waals surface area contributed by atoms with Crippen molar-refractivity contribution in [1.82, 2.24) is 15.2 Å². The van der Waals surface area contributed by atoms with Crippen molar-refractivity contribution in [1.29, 1.82) is 0 Å². The topological polar surface area (TPSA) is 50.6 Å². The Morgan fingerprint density at radius 1 is 1.19 bits per heavy atom. The molecule has 26 heavy (non-hydrogen) atoms. The van der Waals surface area contributed by atoms with Gasteiger partial charge in [-0.05, 0) is 42.7 Å². The van der Waals surface area contributed by atoms with E-state index in [4.69, 9.17) is 4.74 Å². The standard InChI is InChI=1S/C20H27FN4O/c1-22-19(23-9-12-25-10-2-3-11-25)24-16-20(7-13-26-14-8-20)17-5-4-6-18(21)15-17/h2-6,10-11,15H,7-9,12-14,16H2,1H3,(H2,22,23,24). The van der Waals surface area contributed by atoms with E-state index in [9.17, 15) is 4.39 Å². The van der Waals surface area contributed by atoms with Crippen molar-refractivity contribution in [2.75, 3.05) is 33.4 Å². The number of hydrogen-bond acceptors (Lipinski definition) is 2. The summed E-state index contributed by atoms with van der Waals surface area (Å²) >= 11 is 0. The average Bonchev–Trinajstić information content (AvgIpc) is 3.19. The Morgan fingerprint density at radius 3 is 2.65 bits per heavy atom. The van der Waals surface area contributed by atoms with Crippen LogP contribution in [0.2, 0.25) is 0 Å². The number of hydrogen-bond donors (Lipinski definition) is 2. The first-order valence-corrected chi connectivity index (χ1v) is 9.11. The Labute approximate surface area is 154 Å². The summed E-state index contributed by atoms with van der Waals surface area (Å²) in [5, 5.41) is 6.77. The normalized spacial score (nSPS) is 17.1. The quantitative estimate of drug-likeness (QED) is 0.616. The van der Waals surface area contributed by atoms with Gasteiger partial charge in [0, 0.05) is 57.7 Å². The molecule has 6 heteroatoms. The third-order valence-electron chi connectivity index (χ3n) is 5.03. The summed E-state index contributed by atoms with van der Waals surface area (Å²) in [6.45, 7) is 3.74. The molecular weight excluding hydrogens is 331 g/mol. The van der Waals surface area contributed by atoms with E-state index in [1.807, 2.05) is 30.6 Å². The Morgan fingerprint density at radius 2 is 1.96 bits per heavy atom. The second kappa shape index (κ2) is 8.85. The average molecular weight is 358 g/mol. The lowest BCUT2D eigenvalue weighted by atomic mass is 9.74. The van der Waals surface area contributed by atoms with Crippen LogP contribution in [0.4, 0.5) is 4.39 Å². The molecular formula is C20H27FN4O. The summed E-state index contributed by atoms with van der Waals surface area (Å²) in [5.74, 6) is 0.571. The van der Waals surface area contributed by atoms with Crippen LogP contribution in [0.3, 0.4) is 0 Å². The van der Waals surface area contributed by atoms with Crippen molar-refractivity contribution in [3.05, 3.63) is 60.2 Å². The number of benzene rings is 1. The predicted molar refractivity (Wildman–Crippen MR) is 102 cm³/mol. The van der Waals surface area contributed by atoms with Gasteiger partial charge in [-0.15, -0.1) is 0 Å². The van der Waals surface area contributed by atoms with E-state index in [-0.39, 0.29) is 11.2 Å². The van der Waals surface area contributed by atoms with E-state index >= 15 is 0 Å². The number of ether oxygens (including phenoxy) is 1. The van der Waals surface area contributed by atoms with Crippen LogP contribution in [0.1, 0.15) is 18.4 Å². The second-order valence-electron chi connectivity index (χ2n) is 6.68. The van der Waals surface area contributed by atoms with Crippen LogP contribution in [-0.4, -0.2) is 43.9 Å². The second-order valence-corrected chi connectivity index (χ2v) is 6.68. The fourth-order valence-electron chi connectivity index (χ4n) is 3.44. The first kappa shape index (κ1) is 18.5. The van der Waals surface area contributed by atoms with E-state index in [0.29, 0.717) is 19.8 Å². The molecule has 1 aromatic heterocycles. The van der Waals surface area contributed by atoms with Gasteiger partial charge in [0.05, 0.1) is 0 Å². The molecule has 0 unspecified atom stereocenters. The number of halogens is 1. The van der Waals surface area contributed by atoms with Crippen LogP contribution in [0, 0.1) is 5.82 Å².